The first-order valence-electron chi connectivity index (χ1n) is 9.35. The molecule has 0 aliphatic heterocycles. The molecule has 1 N–H and O–H groups in total. The molecule has 0 amide bonds. The van der Waals surface area contributed by atoms with Crippen molar-refractivity contribution in [3.05, 3.63) is 49.1 Å². The van der Waals surface area contributed by atoms with Crippen molar-refractivity contribution in [2.75, 3.05) is 19.5 Å². The van der Waals surface area contributed by atoms with E-state index >= 15 is 0 Å². The summed E-state index contributed by atoms with van der Waals surface area (Å²) >= 11 is 0. The van der Waals surface area contributed by atoms with E-state index in [-0.39, 0.29) is 5.41 Å². The molecule has 1 atom stereocenters. The second-order valence-electron chi connectivity index (χ2n) is 7.45. The van der Waals surface area contributed by atoms with E-state index in [1.165, 1.54) is 6.33 Å². The number of hydrogen-bond donors (Lipinski definition) is 1. The van der Waals surface area contributed by atoms with E-state index in [1.807, 2.05) is 30.3 Å². The number of methoxy groups -OCH3 is 1. The fourth-order valence-electron chi connectivity index (χ4n) is 3.52. The van der Waals surface area contributed by atoms with Crippen molar-refractivity contribution in [1.82, 2.24) is 29.9 Å². The Balaban J connectivity index is 1.44. The molecule has 3 heterocycles. The van der Waals surface area contributed by atoms with Crippen molar-refractivity contribution in [1.29, 1.82) is 0 Å². The summed E-state index contributed by atoms with van der Waals surface area (Å²) in [6.07, 6.45) is 7.07. The predicted molar refractivity (Wildman–Crippen MR) is 109 cm³/mol. The lowest BCUT2D eigenvalue weighted by Crippen LogP contribution is -2.18. The van der Waals surface area contributed by atoms with E-state index in [0.717, 1.165) is 40.0 Å². The van der Waals surface area contributed by atoms with Gasteiger partial charge in [0.2, 0.25) is 0 Å². The number of aromatic nitrogens is 6. The summed E-state index contributed by atoms with van der Waals surface area (Å²) < 4.78 is 19.9. The van der Waals surface area contributed by atoms with Crippen LogP contribution in [0.2, 0.25) is 0 Å². The van der Waals surface area contributed by atoms with Gasteiger partial charge in [-0.3, -0.25) is 9.31 Å². The van der Waals surface area contributed by atoms with E-state index in [4.69, 9.17) is 4.74 Å². The van der Waals surface area contributed by atoms with Crippen LogP contribution in [-0.4, -0.2) is 53.6 Å². The molecule has 0 radical (unpaired) electrons. The van der Waals surface area contributed by atoms with Crippen LogP contribution < -0.4 is 0 Å². The van der Waals surface area contributed by atoms with Crippen LogP contribution in [0, 0.1) is 5.41 Å². The monoisotopic (exact) mass is 408 g/mol. The van der Waals surface area contributed by atoms with Gasteiger partial charge in [-0.05, 0) is 31.0 Å². The molecule has 8 nitrogen and oxygen atoms in total. The molecule has 5 rings (SSSR count). The van der Waals surface area contributed by atoms with E-state index < -0.39 is 10.8 Å². The quantitative estimate of drug-likeness (QED) is 0.505. The molecule has 3 aromatic heterocycles. The van der Waals surface area contributed by atoms with Crippen LogP contribution in [0.3, 0.4) is 0 Å². The van der Waals surface area contributed by atoms with Crippen LogP contribution in [0.15, 0.2) is 53.9 Å². The Labute approximate surface area is 169 Å². The first kappa shape index (κ1) is 18.1. The number of benzene rings is 1. The van der Waals surface area contributed by atoms with Crippen LogP contribution in [0.25, 0.3) is 28.1 Å². The minimum atomic E-state index is -1.11. The molecular weight excluding hydrogens is 388 g/mol. The molecule has 148 valence electrons. The minimum Gasteiger partial charge on any atom is -0.384 e. The second-order valence-corrected chi connectivity index (χ2v) is 8.90. The van der Waals surface area contributed by atoms with Gasteiger partial charge >= 0.3 is 0 Å². The first-order chi connectivity index (χ1) is 14.2. The Morgan fingerprint density at radius 1 is 1.24 bits per heavy atom. The maximum Gasteiger partial charge on any atom is 0.162 e. The van der Waals surface area contributed by atoms with Crippen molar-refractivity contribution < 1.29 is 8.95 Å². The molecule has 1 saturated carbocycles. The molecule has 9 heteroatoms. The largest absolute Gasteiger partial charge is 0.384 e. The zero-order chi connectivity index (χ0) is 19.8. The third-order valence-corrected chi connectivity index (χ3v) is 6.89. The summed E-state index contributed by atoms with van der Waals surface area (Å²) in [4.78, 5) is 9.49. The highest BCUT2D eigenvalue weighted by Crippen LogP contribution is 2.47. The van der Waals surface area contributed by atoms with Crippen molar-refractivity contribution in [3.8, 4) is 17.1 Å². The van der Waals surface area contributed by atoms with Gasteiger partial charge in [0.25, 0.3) is 0 Å². The molecule has 1 fully saturated rings. The van der Waals surface area contributed by atoms with Gasteiger partial charge in [0.05, 0.1) is 34.2 Å². The maximum absolute atomic E-state index is 12.8. The molecule has 0 unspecified atom stereocenters. The van der Waals surface area contributed by atoms with Gasteiger partial charge in [0.1, 0.15) is 6.33 Å². The molecule has 0 saturated heterocycles. The normalized spacial score (nSPS) is 16.2. The standard InChI is InChI=1S/C20H20N6O2S/c1-28-11-20(5-6-20)12-29(27)17-8-15-9-24-26(19(15)21-10-17)16-4-2-3-14(7-16)18-22-13-23-25-18/h2-4,7-10,13H,5-6,11-12H2,1H3,(H,22,23,25)/t29-/m0/s1. The van der Waals surface area contributed by atoms with Crippen LogP contribution in [0.4, 0.5) is 0 Å². The Morgan fingerprint density at radius 3 is 2.90 bits per heavy atom. The Bertz CT molecular complexity index is 1180. The molecule has 1 aliphatic carbocycles. The predicted octanol–water partition coefficient (Wildman–Crippen LogP) is 2.74. The van der Waals surface area contributed by atoms with Gasteiger partial charge in [-0.15, -0.1) is 0 Å². The van der Waals surface area contributed by atoms with Gasteiger partial charge in [0, 0.05) is 35.4 Å². The lowest BCUT2D eigenvalue weighted by Gasteiger charge is -2.13. The number of fused-ring (bicyclic) bond motifs is 1. The van der Waals surface area contributed by atoms with Crippen LogP contribution >= 0.6 is 0 Å². The summed E-state index contributed by atoms with van der Waals surface area (Å²) in [6, 6.07) is 9.75. The third kappa shape index (κ3) is 3.47. The van der Waals surface area contributed by atoms with E-state index in [0.29, 0.717) is 18.2 Å². The lowest BCUT2D eigenvalue weighted by atomic mass is 10.2. The Kier molecular flexibility index (Phi) is 4.48. The van der Waals surface area contributed by atoms with Gasteiger partial charge in [-0.1, -0.05) is 12.1 Å². The zero-order valence-corrected chi connectivity index (χ0v) is 16.7. The third-order valence-electron chi connectivity index (χ3n) is 5.27. The van der Waals surface area contributed by atoms with Crippen LogP contribution in [-0.2, 0) is 15.5 Å². The van der Waals surface area contributed by atoms with E-state index in [1.54, 1.807) is 24.2 Å². The number of aromatic amines is 1. The molecule has 4 aromatic rings. The lowest BCUT2D eigenvalue weighted by molar-refractivity contribution is 0.151. The second kappa shape index (κ2) is 7.16. The van der Waals surface area contributed by atoms with E-state index in [2.05, 4.69) is 25.3 Å². The SMILES string of the molecule is COCC1(C[S@](=O)c2cnc3c(cnn3-c3cccc(-c4ncn[nH]4)c3)c2)CC1. The van der Waals surface area contributed by atoms with Crippen molar-refractivity contribution in [2.45, 2.75) is 17.7 Å². The topological polar surface area (TPSA) is 98.6 Å². The van der Waals surface area contributed by atoms with Crippen molar-refractivity contribution >= 4 is 21.8 Å². The Hall–Kier alpha value is -2.91. The van der Waals surface area contributed by atoms with Gasteiger partial charge in [-0.2, -0.15) is 10.2 Å². The summed E-state index contributed by atoms with van der Waals surface area (Å²) in [5, 5.41) is 12.1. The Morgan fingerprint density at radius 2 is 2.14 bits per heavy atom. The fraction of sp³-hybridized carbons (Fsp3) is 0.300. The van der Waals surface area contributed by atoms with Gasteiger partial charge in [-0.25, -0.2) is 14.6 Å². The number of hydrogen-bond acceptors (Lipinski definition) is 6. The summed E-state index contributed by atoms with van der Waals surface area (Å²) in [5.41, 5.74) is 2.57. The highest BCUT2D eigenvalue weighted by Gasteiger charge is 2.44. The maximum atomic E-state index is 12.8. The highest BCUT2D eigenvalue weighted by atomic mass is 32.2. The van der Waals surface area contributed by atoms with Crippen LogP contribution in [0.5, 0.6) is 0 Å². The average Bonchev–Trinajstić information content (AvgIpc) is 3.14. The van der Waals surface area contributed by atoms with Crippen molar-refractivity contribution in [2.24, 2.45) is 5.41 Å². The number of pyridine rings is 1. The fourth-order valence-corrected chi connectivity index (χ4v) is 5.04. The number of nitrogens with zero attached hydrogens (tertiary/aromatic N) is 5. The minimum absolute atomic E-state index is 0.0693. The van der Waals surface area contributed by atoms with Crippen molar-refractivity contribution in [3.63, 3.8) is 0 Å². The molecule has 0 spiro atoms. The van der Waals surface area contributed by atoms with Gasteiger partial charge < -0.3 is 4.74 Å². The van der Waals surface area contributed by atoms with Crippen LogP contribution in [0.1, 0.15) is 12.8 Å². The van der Waals surface area contributed by atoms with E-state index in [9.17, 15) is 4.21 Å². The molecule has 0 bridgehead atoms. The molecule has 29 heavy (non-hydrogen) atoms. The average molecular weight is 408 g/mol. The number of nitrogens with one attached hydrogen (secondary N) is 1. The summed E-state index contributed by atoms with van der Waals surface area (Å²) in [6.45, 7) is 0.661. The van der Waals surface area contributed by atoms with Gasteiger partial charge in [0.15, 0.2) is 11.5 Å². The number of ether oxygens (including phenoxy) is 1. The molecule has 1 aliphatic rings. The molecule has 1 aromatic carbocycles. The summed E-state index contributed by atoms with van der Waals surface area (Å²) in [5.74, 6) is 1.31. The smallest absolute Gasteiger partial charge is 0.162 e. The summed E-state index contributed by atoms with van der Waals surface area (Å²) in [7, 11) is 0.591. The highest BCUT2D eigenvalue weighted by molar-refractivity contribution is 7.85. The number of H-pyrrole nitrogens is 1. The molecular formula is C20H20N6O2S. The zero-order valence-electron chi connectivity index (χ0n) is 15.9. The first-order valence-corrected chi connectivity index (χ1v) is 10.7. The number of rotatable bonds is 7.